The first kappa shape index (κ1) is 11.6. The third-order valence-electron chi connectivity index (χ3n) is 3.71. The molecule has 2 N–H and O–H groups in total. The molecule has 0 saturated carbocycles. The molecule has 2 rings (SSSR count). The van der Waals surface area contributed by atoms with E-state index in [2.05, 4.69) is 43.0 Å². The molecule has 1 aromatic carbocycles. The van der Waals surface area contributed by atoms with Gasteiger partial charge < -0.3 is 5.73 Å². The van der Waals surface area contributed by atoms with Gasteiger partial charge in [0.25, 0.3) is 0 Å². The predicted molar refractivity (Wildman–Crippen MR) is 68.4 cm³/mol. The number of rotatable bonds is 3. The lowest BCUT2D eigenvalue weighted by Crippen LogP contribution is -2.32. The first-order valence-corrected chi connectivity index (χ1v) is 6.35. The Balaban J connectivity index is 2.34. The molecule has 0 radical (unpaired) electrons. The maximum absolute atomic E-state index is 6.26. The van der Waals surface area contributed by atoms with Crippen LogP contribution in [0.3, 0.4) is 0 Å². The SMILES string of the molecule is CCc1ccccc1C1C(N)CCN1CC. The smallest absolute Gasteiger partial charge is 0.0502 e. The second kappa shape index (κ2) is 4.98. The third-order valence-corrected chi connectivity index (χ3v) is 3.71. The van der Waals surface area contributed by atoms with Crippen molar-refractivity contribution in [1.82, 2.24) is 4.90 Å². The molecule has 0 aromatic heterocycles. The van der Waals surface area contributed by atoms with Crippen LogP contribution in [0.15, 0.2) is 24.3 Å². The molecule has 1 aliphatic rings. The Bertz CT molecular complexity index is 348. The van der Waals surface area contributed by atoms with Crippen molar-refractivity contribution in [1.29, 1.82) is 0 Å². The van der Waals surface area contributed by atoms with Gasteiger partial charge in [-0.2, -0.15) is 0 Å². The zero-order chi connectivity index (χ0) is 11.5. The average Bonchev–Trinajstić information content (AvgIpc) is 2.70. The number of hydrogen-bond acceptors (Lipinski definition) is 2. The van der Waals surface area contributed by atoms with Crippen LogP contribution in [-0.2, 0) is 6.42 Å². The highest BCUT2D eigenvalue weighted by Crippen LogP contribution is 2.32. The van der Waals surface area contributed by atoms with E-state index in [0.29, 0.717) is 12.1 Å². The zero-order valence-corrected chi connectivity index (χ0v) is 10.3. The fourth-order valence-electron chi connectivity index (χ4n) is 2.81. The number of nitrogens with two attached hydrogens (primary N) is 1. The van der Waals surface area contributed by atoms with Gasteiger partial charge in [-0.15, -0.1) is 0 Å². The van der Waals surface area contributed by atoms with Crippen molar-refractivity contribution in [3.63, 3.8) is 0 Å². The summed E-state index contributed by atoms with van der Waals surface area (Å²) < 4.78 is 0. The molecule has 88 valence electrons. The first-order chi connectivity index (χ1) is 7.77. The Morgan fingerprint density at radius 1 is 1.31 bits per heavy atom. The van der Waals surface area contributed by atoms with Gasteiger partial charge in [0, 0.05) is 12.6 Å². The molecule has 16 heavy (non-hydrogen) atoms. The van der Waals surface area contributed by atoms with Gasteiger partial charge in [-0.05, 0) is 30.5 Å². The molecule has 1 saturated heterocycles. The molecule has 0 aliphatic carbocycles. The molecule has 2 unspecified atom stereocenters. The molecular formula is C14H22N2. The van der Waals surface area contributed by atoms with Crippen LogP contribution in [0, 0.1) is 0 Å². The molecule has 2 atom stereocenters. The highest BCUT2D eigenvalue weighted by atomic mass is 15.2. The standard InChI is InChI=1S/C14H22N2/c1-3-11-7-5-6-8-12(11)14-13(15)9-10-16(14)4-2/h5-8,13-14H,3-4,9-10,15H2,1-2H3. The molecule has 1 fully saturated rings. The molecule has 0 amide bonds. The van der Waals surface area contributed by atoms with Gasteiger partial charge in [0.1, 0.15) is 0 Å². The molecule has 2 heteroatoms. The van der Waals surface area contributed by atoms with Gasteiger partial charge in [-0.25, -0.2) is 0 Å². The van der Waals surface area contributed by atoms with Crippen LogP contribution in [-0.4, -0.2) is 24.0 Å². The summed E-state index contributed by atoms with van der Waals surface area (Å²) in [7, 11) is 0. The molecular weight excluding hydrogens is 196 g/mol. The fraction of sp³-hybridized carbons (Fsp3) is 0.571. The van der Waals surface area contributed by atoms with E-state index < -0.39 is 0 Å². The van der Waals surface area contributed by atoms with Crippen molar-refractivity contribution in [3.8, 4) is 0 Å². The van der Waals surface area contributed by atoms with Crippen molar-refractivity contribution in [2.45, 2.75) is 38.8 Å². The molecule has 1 heterocycles. The lowest BCUT2D eigenvalue weighted by atomic mass is 9.94. The number of aryl methyl sites for hydroxylation is 1. The van der Waals surface area contributed by atoms with Crippen LogP contribution in [0.25, 0.3) is 0 Å². The zero-order valence-electron chi connectivity index (χ0n) is 10.3. The molecule has 0 spiro atoms. The van der Waals surface area contributed by atoms with Crippen molar-refractivity contribution < 1.29 is 0 Å². The van der Waals surface area contributed by atoms with Crippen LogP contribution in [0.1, 0.15) is 37.4 Å². The molecule has 1 aromatic rings. The minimum Gasteiger partial charge on any atom is -0.326 e. The van der Waals surface area contributed by atoms with Crippen molar-refractivity contribution >= 4 is 0 Å². The van der Waals surface area contributed by atoms with Gasteiger partial charge in [-0.3, -0.25) is 4.90 Å². The number of benzene rings is 1. The lowest BCUT2D eigenvalue weighted by molar-refractivity contribution is 0.260. The Hall–Kier alpha value is -0.860. The fourth-order valence-corrected chi connectivity index (χ4v) is 2.81. The normalized spacial score (nSPS) is 26.2. The van der Waals surface area contributed by atoms with Gasteiger partial charge in [0.05, 0.1) is 6.04 Å². The van der Waals surface area contributed by atoms with Crippen molar-refractivity contribution in [3.05, 3.63) is 35.4 Å². The van der Waals surface area contributed by atoms with Gasteiger partial charge >= 0.3 is 0 Å². The summed E-state index contributed by atoms with van der Waals surface area (Å²) in [5.41, 5.74) is 9.15. The second-order valence-corrected chi connectivity index (χ2v) is 4.58. The van der Waals surface area contributed by atoms with Crippen LogP contribution >= 0.6 is 0 Å². The summed E-state index contributed by atoms with van der Waals surface area (Å²) in [5.74, 6) is 0. The first-order valence-electron chi connectivity index (χ1n) is 6.35. The highest BCUT2D eigenvalue weighted by Gasteiger charge is 2.32. The topological polar surface area (TPSA) is 29.3 Å². The number of nitrogens with zero attached hydrogens (tertiary/aromatic N) is 1. The van der Waals surface area contributed by atoms with E-state index in [0.717, 1.165) is 25.9 Å². The summed E-state index contributed by atoms with van der Waals surface area (Å²) in [6, 6.07) is 9.46. The summed E-state index contributed by atoms with van der Waals surface area (Å²) in [4.78, 5) is 2.50. The number of likely N-dealkylation sites (tertiary alicyclic amines) is 1. The van der Waals surface area contributed by atoms with E-state index in [4.69, 9.17) is 5.73 Å². The Labute approximate surface area is 98.4 Å². The second-order valence-electron chi connectivity index (χ2n) is 4.58. The maximum Gasteiger partial charge on any atom is 0.0502 e. The maximum atomic E-state index is 6.26. The van der Waals surface area contributed by atoms with Crippen LogP contribution in [0.2, 0.25) is 0 Å². The van der Waals surface area contributed by atoms with Crippen LogP contribution in [0.4, 0.5) is 0 Å². The Morgan fingerprint density at radius 3 is 2.75 bits per heavy atom. The summed E-state index contributed by atoms with van der Waals surface area (Å²) >= 11 is 0. The van der Waals surface area contributed by atoms with Crippen LogP contribution < -0.4 is 5.73 Å². The van der Waals surface area contributed by atoms with Gasteiger partial charge in [-0.1, -0.05) is 38.1 Å². The lowest BCUT2D eigenvalue weighted by Gasteiger charge is -2.27. The molecule has 2 nitrogen and oxygen atoms in total. The summed E-state index contributed by atoms with van der Waals surface area (Å²) in [5, 5.41) is 0. The van der Waals surface area contributed by atoms with E-state index in [-0.39, 0.29) is 0 Å². The van der Waals surface area contributed by atoms with Crippen molar-refractivity contribution in [2.75, 3.05) is 13.1 Å². The molecule has 0 bridgehead atoms. The number of likely N-dealkylation sites (N-methyl/N-ethyl adjacent to an activating group) is 1. The largest absolute Gasteiger partial charge is 0.326 e. The van der Waals surface area contributed by atoms with E-state index in [1.165, 1.54) is 11.1 Å². The quantitative estimate of drug-likeness (QED) is 0.844. The Morgan fingerprint density at radius 2 is 2.06 bits per heavy atom. The van der Waals surface area contributed by atoms with E-state index >= 15 is 0 Å². The van der Waals surface area contributed by atoms with E-state index in [1.54, 1.807) is 0 Å². The van der Waals surface area contributed by atoms with Crippen LogP contribution in [0.5, 0.6) is 0 Å². The minimum atomic E-state index is 0.299. The summed E-state index contributed by atoms with van der Waals surface area (Å²) in [6.45, 7) is 6.67. The van der Waals surface area contributed by atoms with E-state index in [9.17, 15) is 0 Å². The van der Waals surface area contributed by atoms with Crippen molar-refractivity contribution in [2.24, 2.45) is 5.73 Å². The monoisotopic (exact) mass is 218 g/mol. The third kappa shape index (κ3) is 2.00. The predicted octanol–water partition coefficient (Wildman–Crippen LogP) is 2.34. The van der Waals surface area contributed by atoms with Gasteiger partial charge in [0.15, 0.2) is 0 Å². The number of hydrogen-bond donors (Lipinski definition) is 1. The summed E-state index contributed by atoms with van der Waals surface area (Å²) in [6.07, 6.45) is 2.22. The molecule has 1 aliphatic heterocycles. The van der Waals surface area contributed by atoms with E-state index in [1.807, 2.05) is 0 Å². The average molecular weight is 218 g/mol. The Kier molecular flexibility index (Phi) is 3.62. The highest BCUT2D eigenvalue weighted by molar-refractivity contribution is 5.32. The van der Waals surface area contributed by atoms with Gasteiger partial charge in [0.2, 0.25) is 0 Å². The minimum absolute atomic E-state index is 0.299.